The molecule has 6 unspecified atom stereocenters. The van der Waals surface area contributed by atoms with E-state index >= 15 is 0 Å². The number of hydrazine groups is 1. The highest BCUT2D eigenvalue weighted by atomic mass is 16.5. The molecule has 1 aromatic rings. The Morgan fingerprint density at radius 3 is 2.32 bits per heavy atom. The maximum Gasteiger partial charge on any atom is 0.330 e. The van der Waals surface area contributed by atoms with Crippen LogP contribution in [0.15, 0.2) is 78.4 Å². The minimum absolute atomic E-state index is 0.0122. The van der Waals surface area contributed by atoms with E-state index in [0.29, 0.717) is 50.5 Å². The molecule has 57 heavy (non-hydrogen) atoms. The molecule has 0 aliphatic carbocycles. The summed E-state index contributed by atoms with van der Waals surface area (Å²) in [4.78, 5) is 75.7. The zero-order valence-electron chi connectivity index (χ0n) is 34.6. The fourth-order valence-corrected chi connectivity index (χ4v) is 6.41. The zero-order valence-corrected chi connectivity index (χ0v) is 34.6. The van der Waals surface area contributed by atoms with Crippen LogP contribution in [0.5, 0.6) is 0 Å². The third kappa shape index (κ3) is 17.5. The minimum Gasteiger partial charge on any atom is -0.463 e. The Labute approximate surface area is 338 Å². The lowest BCUT2D eigenvalue weighted by atomic mass is 9.87. The first-order valence-electron chi connectivity index (χ1n) is 20.0. The number of aliphatic hydroxyl groups is 1. The van der Waals surface area contributed by atoms with E-state index in [2.05, 4.69) is 16.1 Å². The molecule has 0 radical (unpaired) electrons. The molecule has 0 saturated carbocycles. The fourth-order valence-electron chi connectivity index (χ4n) is 6.41. The number of nitrogens with one attached hydrogen (secondary N) is 3. The number of aliphatic hydroxyl groups excluding tert-OH is 1. The van der Waals surface area contributed by atoms with Crippen LogP contribution in [0.25, 0.3) is 0 Å². The van der Waals surface area contributed by atoms with Crippen LogP contribution in [-0.2, 0) is 44.7 Å². The molecule has 0 aromatic heterocycles. The topological polar surface area (TPSA) is 180 Å². The molecule has 1 heterocycles. The molecule has 13 nitrogen and oxygen atoms in total. The molecule has 314 valence electrons. The van der Waals surface area contributed by atoms with Crippen LogP contribution in [0.4, 0.5) is 0 Å². The highest BCUT2D eigenvalue weighted by molar-refractivity contribution is 5.90. The van der Waals surface area contributed by atoms with E-state index in [-0.39, 0.29) is 48.9 Å². The van der Waals surface area contributed by atoms with Crippen molar-refractivity contribution in [2.75, 3.05) is 20.2 Å². The van der Waals surface area contributed by atoms with Gasteiger partial charge in [0, 0.05) is 37.8 Å². The third-order valence-electron chi connectivity index (χ3n) is 9.81. The van der Waals surface area contributed by atoms with E-state index in [4.69, 9.17) is 9.47 Å². The molecule has 13 heteroatoms. The SMILES string of the molecule is CCOC(=O)/C=C/C=C(\C)[C@H](C/C=C/C=C/CC(C)C(O)C(C=O)CCC(C)=O)OC(=O)C1CCCN(C(=O)C(Cc2ccccc2)NC(=O)C(NC)C(C)C)N1. The Morgan fingerprint density at radius 1 is 1.02 bits per heavy atom. The van der Waals surface area contributed by atoms with Crippen molar-refractivity contribution in [1.29, 1.82) is 0 Å². The van der Waals surface area contributed by atoms with Gasteiger partial charge in [0.1, 0.15) is 30.3 Å². The minimum atomic E-state index is -0.886. The van der Waals surface area contributed by atoms with Gasteiger partial charge in [-0.1, -0.05) is 87.6 Å². The number of allylic oxidation sites excluding steroid dienone is 5. The lowest BCUT2D eigenvalue weighted by Crippen LogP contribution is -2.61. The van der Waals surface area contributed by atoms with Crippen LogP contribution >= 0.6 is 0 Å². The number of likely N-dealkylation sites (N-methyl/N-ethyl adjacent to an activating group) is 1. The van der Waals surface area contributed by atoms with Crippen molar-refractivity contribution in [2.45, 2.75) is 117 Å². The molecule has 7 atom stereocenters. The van der Waals surface area contributed by atoms with Gasteiger partial charge in [-0.05, 0) is 76.5 Å². The lowest BCUT2D eigenvalue weighted by molar-refractivity contribution is -0.156. The number of nitrogens with zero attached hydrogens (tertiary/aromatic N) is 1. The fraction of sp³-hybridized carbons (Fsp3) is 0.545. The summed E-state index contributed by atoms with van der Waals surface area (Å²) < 4.78 is 11.0. The Bertz CT molecular complexity index is 1570. The summed E-state index contributed by atoms with van der Waals surface area (Å²) in [5.74, 6) is -2.58. The number of ether oxygens (including phenoxy) is 2. The summed E-state index contributed by atoms with van der Waals surface area (Å²) in [5, 5.41) is 18.0. The Balaban J connectivity index is 2.19. The normalized spacial score (nSPS) is 18.2. The number of carbonyl (C=O) groups excluding carboxylic acids is 6. The van der Waals surface area contributed by atoms with Crippen LogP contribution in [0.3, 0.4) is 0 Å². The summed E-state index contributed by atoms with van der Waals surface area (Å²) in [7, 11) is 1.70. The molecule has 1 saturated heterocycles. The summed E-state index contributed by atoms with van der Waals surface area (Å²) >= 11 is 0. The lowest BCUT2D eigenvalue weighted by Gasteiger charge is -2.36. The number of esters is 2. The van der Waals surface area contributed by atoms with Gasteiger partial charge in [-0.2, -0.15) is 0 Å². The molecular weight excluding hydrogens is 729 g/mol. The first kappa shape index (κ1) is 48.4. The van der Waals surface area contributed by atoms with Crippen LogP contribution in [0.1, 0.15) is 85.6 Å². The molecule has 1 aromatic carbocycles. The second-order valence-corrected chi connectivity index (χ2v) is 14.9. The number of rotatable bonds is 24. The van der Waals surface area contributed by atoms with Crippen molar-refractivity contribution in [3.8, 4) is 0 Å². The van der Waals surface area contributed by atoms with Gasteiger partial charge in [0.25, 0.3) is 5.91 Å². The largest absolute Gasteiger partial charge is 0.463 e. The molecule has 1 fully saturated rings. The zero-order chi connectivity index (χ0) is 42.3. The van der Waals surface area contributed by atoms with Crippen molar-refractivity contribution in [1.82, 2.24) is 21.1 Å². The van der Waals surface area contributed by atoms with Crippen molar-refractivity contribution in [2.24, 2.45) is 17.8 Å². The second kappa shape index (κ2) is 26.2. The van der Waals surface area contributed by atoms with Crippen molar-refractivity contribution < 1.29 is 43.3 Å². The molecule has 0 bridgehead atoms. The van der Waals surface area contributed by atoms with Crippen molar-refractivity contribution in [3.63, 3.8) is 0 Å². The van der Waals surface area contributed by atoms with Gasteiger partial charge in [-0.3, -0.25) is 19.4 Å². The number of Topliss-reactive ketones (excluding diaryl/α,β-unsaturated/α-hetero) is 1. The second-order valence-electron chi connectivity index (χ2n) is 14.9. The quantitative estimate of drug-likeness (QED) is 0.0501. The summed E-state index contributed by atoms with van der Waals surface area (Å²) in [5.41, 5.74) is 4.60. The predicted octanol–water partition coefficient (Wildman–Crippen LogP) is 4.50. The van der Waals surface area contributed by atoms with Gasteiger partial charge < -0.3 is 34.8 Å². The van der Waals surface area contributed by atoms with Gasteiger partial charge >= 0.3 is 11.9 Å². The Morgan fingerprint density at radius 2 is 1.70 bits per heavy atom. The average molecular weight is 793 g/mol. The number of carbonyl (C=O) groups is 6. The van der Waals surface area contributed by atoms with Crippen LogP contribution in [0.2, 0.25) is 0 Å². The van der Waals surface area contributed by atoms with Gasteiger partial charge in [0.15, 0.2) is 0 Å². The van der Waals surface area contributed by atoms with Gasteiger partial charge in [0.2, 0.25) is 5.91 Å². The predicted molar refractivity (Wildman–Crippen MR) is 219 cm³/mol. The maximum atomic E-state index is 14.0. The van der Waals surface area contributed by atoms with E-state index in [9.17, 15) is 33.9 Å². The van der Waals surface area contributed by atoms with Crippen molar-refractivity contribution >= 4 is 35.8 Å². The standard InChI is InChI=1S/C44H64N4O9/c1-8-56-39(51)24-16-19-31(4)38(23-15-10-9-12-18-32(5)41(52)35(29-49)26-25-33(6)50)57-44(55)36-22-17-27-48(47-36)43(54)37(28-34-20-13-11-14-21-34)46-42(53)40(45-7)30(2)3/h9-16,19-21,24,29-30,32,35-38,40-41,45,47,52H,8,17-18,22-23,25-28H2,1-7H3,(H,46,53)/b12-9+,15-10+,24-16+,31-19+/t32?,35?,36?,37?,38-,40?,41?/m0/s1. The molecular formula is C44H64N4O9. The Hall–Kier alpha value is -4.72. The number of benzene rings is 1. The molecule has 0 spiro atoms. The highest BCUT2D eigenvalue weighted by Crippen LogP contribution is 2.21. The van der Waals surface area contributed by atoms with Gasteiger partial charge in [-0.25, -0.2) is 10.2 Å². The molecule has 1 aliphatic heterocycles. The number of ketones is 1. The van der Waals surface area contributed by atoms with Crippen LogP contribution in [0, 0.1) is 17.8 Å². The summed E-state index contributed by atoms with van der Waals surface area (Å²) in [6.07, 6.45) is 13.5. The van der Waals surface area contributed by atoms with E-state index in [0.717, 1.165) is 5.56 Å². The molecule has 1 aliphatic rings. The number of amides is 2. The van der Waals surface area contributed by atoms with Crippen LogP contribution < -0.4 is 16.1 Å². The van der Waals surface area contributed by atoms with Gasteiger partial charge in [-0.15, -0.1) is 0 Å². The first-order valence-corrected chi connectivity index (χ1v) is 20.0. The summed E-state index contributed by atoms with van der Waals surface area (Å²) in [6, 6.07) is 7.20. The number of aldehydes is 1. The van der Waals surface area contributed by atoms with E-state index in [1.54, 1.807) is 33.0 Å². The van der Waals surface area contributed by atoms with Crippen LogP contribution in [-0.4, -0.2) is 96.5 Å². The third-order valence-corrected chi connectivity index (χ3v) is 9.81. The van der Waals surface area contributed by atoms with Crippen molar-refractivity contribution in [3.05, 3.63) is 84.0 Å². The summed E-state index contributed by atoms with van der Waals surface area (Å²) in [6.45, 7) is 11.2. The van der Waals surface area contributed by atoms with E-state index in [1.807, 2.05) is 69.3 Å². The molecule has 2 amide bonds. The maximum absolute atomic E-state index is 14.0. The van der Waals surface area contributed by atoms with E-state index in [1.165, 1.54) is 24.1 Å². The number of hydrogen-bond donors (Lipinski definition) is 4. The monoisotopic (exact) mass is 792 g/mol. The molecule has 2 rings (SSSR count). The Kier molecular flexibility index (Phi) is 22.3. The molecule has 4 N–H and O–H groups in total. The van der Waals surface area contributed by atoms with Gasteiger partial charge in [0.05, 0.1) is 18.8 Å². The number of hydrogen-bond acceptors (Lipinski definition) is 11. The average Bonchev–Trinajstić information content (AvgIpc) is 3.18. The highest BCUT2D eigenvalue weighted by Gasteiger charge is 2.35. The van der Waals surface area contributed by atoms with E-state index < -0.39 is 48.2 Å². The smallest absolute Gasteiger partial charge is 0.330 e. The first-order chi connectivity index (χ1) is 27.2.